The van der Waals surface area contributed by atoms with E-state index in [9.17, 15) is 4.79 Å². The lowest BCUT2D eigenvalue weighted by molar-refractivity contribution is 0.0988. The van der Waals surface area contributed by atoms with Crippen LogP contribution in [-0.2, 0) is 7.05 Å². The average molecular weight is 419 g/mol. The Morgan fingerprint density at radius 1 is 1.26 bits per heavy atom. The lowest BCUT2D eigenvalue weighted by Crippen LogP contribution is -2.39. The molecule has 0 saturated carbocycles. The van der Waals surface area contributed by atoms with Gasteiger partial charge < -0.3 is 19.7 Å². The highest BCUT2D eigenvalue weighted by Crippen LogP contribution is 2.35. The fourth-order valence-electron chi connectivity index (χ4n) is 4.42. The fourth-order valence-corrected chi connectivity index (χ4v) is 4.42. The van der Waals surface area contributed by atoms with Crippen LogP contribution in [0.15, 0.2) is 30.5 Å². The van der Waals surface area contributed by atoms with E-state index >= 15 is 0 Å². The van der Waals surface area contributed by atoms with Gasteiger partial charge in [0.2, 0.25) is 5.95 Å². The highest BCUT2D eigenvalue weighted by molar-refractivity contribution is 6.10. The Labute approximate surface area is 181 Å². The topological polar surface area (TPSA) is 92.1 Å². The van der Waals surface area contributed by atoms with E-state index < -0.39 is 0 Å². The van der Waals surface area contributed by atoms with Crippen LogP contribution in [-0.4, -0.2) is 56.3 Å². The molecular formula is C22H26N8O. The Hall–Kier alpha value is -3.49. The third kappa shape index (κ3) is 3.30. The number of carbonyl (C=O) groups is 1. The molecule has 1 N–H and O–H groups in total. The van der Waals surface area contributed by atoms with Crippen molar-refractivity contribution in [2.24, 2.45) is 7.05 Å². The van der Waals surface area contributed by atoms with Gasteiger partial charge in [-0.1, -0.05) is 12.1 Å². The molecule has 0 spiro atoms. The number of hydrogen-bond donors (Lipinski definition) is 1. The zero-order valence-corrected chi connectivity index (χ0v) is 18.0. The van der Waals surface area contributed by atoms with Gasteiger partial charge in [0.05, 0.1) is 0 Å². The Kier molecular flexibility index (Phi) is 4.80. The van der Waals surface area contributed by atoms with Crippen molar-refractivity contribution in [3.63, 3.8) is 0 Å². The van der Waals surface area contributed by atoms with Crippen LogP contribution in [0.5, 0.6) is 0 Å². The van der Waals surface area contributed by atoms with Crippen LogP contribution in [0.2, 0.25) is 0 Å². The molecule has 31 heavy (non-hydrogen) atoms. The van der Waals surface area contributed by atoms with Crippen molar-refractivity contribution in [2.75, 3.05) is 34.8 Å². The summed E-state index contributed by atoms with van der Waals surface area (Å²) in [4.78, 5) is 26.8. The number of hydrogen-bond acceptors (Lipinski definition) is 7. The Balaban J connectivity index is 1.57. The molecule has 2 aliphatic rings. The lowest BCUT2D eigenvalue weighted by atomic mass is 10.1. The molecule has 160 valence electrons. The first-order valence-electron chi connectivity index (χ1n) is 10.7. The first-order valence-corrected chi connectivity index (χ1v) is 10.7. The molecule has 4 heterocycles. The number of rotatable bonds is 4. The molecule has 1 fully saturated rings. The predicted molar refractivity (Wildman–Crippen MR) is 119 cm³/mol. The molecule has 0 aliphatic carbocycles. The maximum Gasteiger partial charge on any atom is 0.263 e. The first-order chi connectivity index (χ1) is 15.1. The van der Waals surface area contributed by atoms with E-state index in [1.54, 1.807) is 6.20 Å². The molecule has 5 rings (SSSR count). The Bertz CT molecular complexity index is 1140. The van der Waals surface area contributed by atoms with Crippen molar-refractivity contribution < 1.29 is 4.79 Å². The van der Waals surface area contributed by atoms with Gasteiger partial charge in [0.15, 0.2) is 5.82 Å². The predicted octanol–water partition coefficient (Wildman–Crippen LogP) is 2.64. The normalized spacial score (nSPS) is 18.0. The number of aromatic nitrogens is 5. The van der Waals surface area contributed by atoms with Crippen molar-refractivity contribution in [1.82, 2.24) is 24.7 Å². The summed E-state index contributed by atoms with van der Waals surface area (Å²) in [5.41, 5.74) is 2.32. The van der Waals surface area contributed by atoms with E-state index in [2.05, 4.69) is 25.4 Å². The van der Waals surface area contributed by atoms with Crippen molar-refractivity contribution >= 4 is 23.4 Å². The lowest BCUT2D eigenvalue weighted by Gasteiger charge is -2.27. The van der Waals surface area contributed by atoms with Crippen molar-refractivity contribution in [3.05, 3.63) is 41.9 Å². The maximum atomic E-state index is 13.6. The summed E-state index contributed by atoms with van der Waals surface area (Å²) in [6, 6.07) is 8.18. The summed E-state index contributed by atoms with van der Waals surface area (Å²) in [6.07, 6.45) is 3.78. The smallest absolute Gasteiger partial charge is 0.263 e. The second-order valence-electron chi connectivity index (χ2n) is 8.05. The van der Waals surface area contributed by atoms with Gasteiger partial charge in [-0.3, -0.25) is 4.79 Å². The molecule has 2 aromatic heterocycles. The molecule has 9 heteroatoms. The van der Waals surface area contributed by atoms with Crippen LogP contribution in [0.4, 0.5) is 17.5 Å². The Morgan fingerprint density at radius 2 is 2.13 bits per heavy atom. The zero-order chi connectivity index (χ0) is 21.5. The summed E-state index contributed by atoms with van der Waals surface area (Å²) < 4.78 is 1.95. The third-order valence-electron chi connectivity index (χ3n) is 6.13. The molecule has 0 bridgehead atoms. The Morgan fingerprint density at radius 3 is 2.90 bits per heavy atom. The average Bonchev–Trinajstić information content (AvgIpc) is 3.35. The van der Waals surface area contributed by atoms with E-state index in [1.165, 1.54) is 0 Å². The van der Waals surface area contributed by atoms with E-state index in [0.717, 1.165) is 54.6 Å². The van der Waals surface area contributed by atoms with Gasteiger partial charge in [-0.2, -0.15) is 4.98 Å². The second-order valence-corrected chi connectivity index (χ2v) is 8.05. The molecule has 1 unspecified atom stereocenters. The standard InChI is InChI=1S/C22H26N8O/c1-4-23-22-24-12-18-20(25-22)29-10-6-9-17(29)13-30(21(18)31)16-8-5-7-15(11-16)19-27-26-14(2)28(19)3/h5,7-8,11-12,17H,4,6,9-10,13H2,1-3H3,(H,23,24,25). The van der Waals surface area contributed by atoms with Gasteiger partial charge in [0.1, 0.15) is 17.2 Å². The molecule has 3 aromatic rings. The number of anilines is 3. The van der Waals surface area contributed by atoms with E-state index in [-0.39, 0.29) is 11.9 Å². The highest BCUT2D eigenvalue weighted by atomic mass is 16.2. The SMILES string of the molecule is CCNc1ncc2c(n1)N1CCCC1CN(c1cccc(-c3nnc(C)n3C)c1)C2=O. The van der Waals surface area contributed by atoms with Gasteiger partial charge >= 0.3 is 0 Å². The molecule has 1 amide bonds. The number of nitrogens with one attached hydrogen (secondary N) is 1. The number of fused-ring (bicyclic) bond motifs is 3. The monoisotopic (exact) mass is 418 g/mol. The number of aryl methyl sites for hydroxylation is 1. The number of nitrogens with zero attached hydrogens (tertiary/aromatic N) is 7. The quantitative estimate of drug-likeness (QED) is 0.696. The summed E-state index contributed by atoms with van der Waals surface area (Å²) in [7, 11) is 1.94. The summed E-state index contributed by atoms with van der Waals surface area (Å²) >= 11 is 0. The minimum absolute atomic E-state index is 0.0706. The maximum absolute atomic E-state index is 13.6. The van der Waals surface area contributed by atoms with Crippen LogP contribution in [0.25, 0.3) is 11.4 Å². The molecule has 1 aromatic carbocycles. The minimum Gasteiger partial charge on any atom is -0.354 e. The van der Waals surface area contributed by atoms with E-state index in [1.807, 2.05) is 54.6 Å². The third-order valence-corrected chi connectivity index (χ3v) is 6.13. The van der Waals surface area contributed by atoms with Gasteiger partial charge in [-0.15, -0.1) is 10.2 Å². The van der Waals surface area contributed by atoms with Crippen LogP contribution >= 0.6 is 0 Å². The second kappa shape index (κ2) is 7.64. The summed E-state index contributed by atoms with van der Waals surface area (Å²) in [6.45, 7) is 6.18. The fraction of sp³-hybridized carbons (Fsp3) is 0.409. The molecule has 0 radical (unpaired) electrons. The van der Waals surface area contributed by atoms with Crippen LogP contribution < -0.4 is 15.1 Å². The van der Waals surface area contributed by atoms with Crippen LogP contribution in [0.3, 0.4) is 0 Å². The first kappa shape index (κ1) is 19.5. The number of amides is 1. The van der Waals surface area contributed by atoms with Crippen molar-refractivity contribution in [2.45, 2.75) is 32.7 Å². The van der Waals surface area contributed by atoms with Crippen molar-refractivity contribution in [3.8, 4) is 11.4 Å². The highest BCUT2D eigenvalue weighted by Gasteiger charge is 2.37. The summed E-state index contributed by atoms with van der Waals surface area (Å²) in [5, 5.41) is 11.6. The molecule has 9 nitrogen and oxygen atoms in total. The molecule has 1 saturated heterocycles. The molecule has 2 aliphatic heterocycles. The minimum atomic E-state index is -0.0706. The van der Waals surface area contributed by atoms with Crippen LogP contribution in [0, 0.1) is 6.92 Å². The van der Waals surface area contributed by atoms with E-state index in [0.29, 0.717) is 18.1 Å². The number of carbonyl (C=O) groups excluding carboxylic acids is 1. The van der Waals surface area contributed by atoms with Gasteiger partial charge in [-0.25, -0.2) is 4.98 Å². The van der Waals surface area contributed by atoms with Gasteiger partial charge in [-0.05, 0) is 38.8 Å². The van der Waals surface area contributed by atoms with Crippen molar-refractivity contribution in [1.29, 1.82) is 0 Å². The zero-order valence-electron chi connectivity index (χ0n) is 18.0. The van der Waals surface area contributed by atoms with Gasteiger partial charge in [0.25, 0.3) is 5.91 Å². The molecule has 1 atom stereocenters. The van der Waals surface area contributed by atoms with Gasteiger partial charge in [0, 0.05) is 50.2 Å². The van der Waals surface area contributed by atoms with Crippen LogP contribution in [0.1, 0.15) is 35.9 Å². The van der Waals surface area contributed by atoms with E-state index in [4.69, 9.17) is 4.98 Å². The largest absolute Gasteiger partial charge is 0.354 e. The summed E-state index contributed by atoms with van der Waals surface area (Å²) in [5.74, 6) is 2.85. The molecular weight excluding hydrogens is 392 g/mol. The number of benzene rings is 1.